The summed E-state index contributed by atoms with van der Waals surface area (Å²) in [6.07, 6.45) is 7.41. The van der Waals surface area contributed by atoms with Gasteiger partial charge >= 0.3 is 0 Å². The summed E-state index contributed by atoms with van der Waals surface area (Å²) in [5, 5.41) is 3.52. The maximum absolute atomic E-state index is 13.2. The normalized spacial score (nSPS) is 26.4. The quantitative estimate of drug-likeness (QED) is 0.820. The molecule has 1 heterocycles. The molecule has 0 aromatic heterocycles. The Morgan fingerprint density at radius 2 is 1.95 bits per heavy atom. The van der Waals surface area contributed by atoms with E-state index in [1.54, 1.807) is 0 Å². The van der Waals surface area contributed by atoms with Crippen LogP contribution in [-0.4, -0.2) is 18.7 Å². The van der Waals surface area contributed by atoms with E-state index in [1.807, 2.05) is 6.07 Å². The van der Waals surface area contributed by atoms with Crippen molar-refractivity contribution in [3.63, 3.8) is 0 Å². The molecule has 1 aliphatic carbocycles. The fraction of sp³-hybridized carbons (Fsp3) is 0.625. The molecule has 1 atom stereocenters. The van der Waals surface area contributed by atoms with E-state index in [0.29, 0.717) is 0 Å². The highest BCUT2D eigenvalue weighted by molar-refractivity contribution is 9.10. The fourth-order valence-corrected chi connectivity index (χ4v) is 4.03. The first kappa shape index (κ1) is 14.5. The monoisotopic (exact) mass is 341 g/mol. The van der Waals surface area contributed by atoms with Gasteiger partial charge in [-0.3, -0.25) is 0 Å². The van der Waals surface area contributed by atoms with Crippen LogP contribution in [0, 0.1) is 5.82 Å². The summed E-state index contributed by atoms with van der Waals surface area (Å²) in [6.45, 7) is 1.74. The SMILES string of the molecule is Fc1ccc(C2CNCC3(CCCCCC3)O2)c(Br)c1. The van der Waals surface area contributed by atoms with Gasteiger partial charge in [0.2, 0.25) is 0 Å². The third-order valence-electron chi connectivity index (χ3n) is 4.49. The molecule has 1 aromatic carbocycles. The number of nitrogens with one attached hydrogen (secondary N) is 1. The van der Waals surface area contributed by atoms with Crippen LogP contribution in [0.4, 0.5) is 4.39 Å². The molecule has 1 saturated carbocycles. The molecule has 4 heteroatoms. The average Bonchev–Trinajstić information content (AvgIpc) is 2.64. The Morgan fingerprint density at radius 3 is 2.65 bits per heavy atom. The number of ether oxygens (including phenoxy) is 1. The van der Waals surface area contributed by atoms with Crippen LogP contribution in [0.3, 0.4) is 0 Å². The molecule has 1 aromatic rings. The Balaban J connectivity index is 1.80. The van der Waals surface area contributed by atoms with Gasteiger partial charge in [-0.15, -0.1) is 0 Å². The van der Waals surface area contributed by atoms with Gasteiger partial charge in [0, 0.05) is 17.6 Å². The van der Waals surface area contributed by atoms with E-state index in [1.165, 1.54) is 37.8 Å². The van der Waals surface area contributed by atoms with Gasteiger partial charge < -0.3 is 10.1 Å². The van der Waals surface area contributed by atoms with Crippen molar-refractivity contribution >= 4 is 15.9 Å². The molecule has 1 unspecified atom stereocenters. The van der Waals surface area contributed by atoms with E-state index in [9.17, 15) is 4.39 Å². The first-order chi connectivity index (χ1) is 9.69. The number of morpholine rings is 1. The largest absolute Gasteiger partial charge is 0.364 e. The second kappa shape index (κ2) is 6.12. The van der Waals surface area contributed by atoms with Gasteiger partial charge in [0.05, 0.1) is 11.7 Å². The number of halogens is 2. The summed E-state index contributed by atoms with van der Waals surface area (Å²) >= 11 is 3.46. The van der Waals surface area contributed by atoms with Gasteiger partial charge in [-0.2, -0.15) is 0 Å². The molecule has 2 fully saturated rings. The van der Waals surface area contributed by atoms with Crippen molar-refractivity contribution in [3.8, 4) is 0 Å². The second-order valence-electron chi connectivity index (χ2n) is 6.00. The molecule has 1 saturated heterocycles. The minimum absolute atomic E-state index is 0.0109. The predicted octanol–water partition coefficient (Wildman–Crippen LogP) is 4.34. The number of hydrogen-bond donors (Lipinski definition) is 1. The van der Waals surface area contributed by atoms with Crippen LogP contribution in [0.25, 0.3) is 0 Å². The first-order valence-electron chi connectivity index (χ1n) is 7.52. The maximum Gasteiger partial charge on any atom is 0.124 e. The van der Waals surface area contributed by atoms with E-state index in [4.69, 9.17) is 4.74 Å². The van der Waals surface area contributed by atoms with Crippen LogP contribution in [0.15, 0.2) is 22.7 Å². The summed E-state index contributed by atoms with van der Waals surface area (Å²) in [6, 6.07) is 4.87. The van der Waals surface area contributed by atoms with Crippen molar-refractivity contribution in [3.05, 3.63) is 34.1 Å². The molecule has 0 amide bonds. The Labute approximate surface area is 128 Å². The molecule has 1 spiro atoms. The molecule has 1 aliphatic heterocycles. The third kappa shape index (κ3) is 3.07. The number of rotatable bonds is 1. The Kier molecular flexibility index (Phi) is 4.43. The van der Waals surface area contributed by atoms with Crippen LogP contribution in [0.5, 0.6) is 0 Å². The lowest BCUT2D eigenvalue weighted by atomic mass is 9.91. The zero-order chi connectivity index (χ0) is 14.0. The van der Waals surface area contributed by atoms with Crippen LogP contribution in [0.2, 0.25) is 0 Å². The Hall–Kier alpha value is -0.450. The highest BCUT2D eigenvalue weighted by atomic mass is 79.9. The zero-order valence-electron chi connectivity index (χ0n) is 11.6. The molecule has 2 nitrogen and oxygen atoms in total. The molecule has 2 aliphatic rings. The summed E-state index contributed by atoms with van der Waals surface area (Å²) in [7, 11) is 0. The number of hydrogen-bond acceptors (Lipinski definition) is 2. The van der Waals surface area contributed by atoms with Crippen molar-refractivity contribution < 1.29 is 9.13 Å². The van der Waals surface area contributed by atoms with Crippen LogP contribution in [0.1, 0.15) is 50.2 Å². The van der Waals surface area contributed by atoms with Gasteiger partial charge in [0.15, 0.2) is 0 Å². The summed E-state index contributed by atoms with van der Waals surface area (Å²) in [5.41, 5.74) is 1.02. The zero-order valence-corrected chi connectivity index (χ0v) is 13.2. The molecule has 3 rings (SSSR count). The second-order valence-corrected chi connectivity index (χ2v) is 6.85. The van der Waals surface area contributed by atoms with E-state index < -0.39 is 0 Å². The summed E-state index contributed by atoms with van der Waals surface area (Å²) < 4.78 is 20.5. The Bertz CT molecular complexity index is 472. The topological polar surface area (TPSA) is 21.3 Å². The van der Waals surface area contributed by atoms with Gasteiger partial charge in [-0.1, -0.05) is 47.7 Å². The fourth-order valence-electron chi connectivity index (χ4n) is 3.42. The van der Waals surface area contributed by atoms with Crippen LogP contribution >= 0.6 is 15.9 Å². The lowest BCUT2D eigenvalue weighted by Gasteiger charge is -2.42. The molecule has 110 valence electrons. The molecule has 0 bridgehead atoms. The smallest absolute Gasteiger partial charge is 0.124 e. The molecular weight excluding hydrogens is 321 g/mol. The van der Waals surface area contributed by atoms with Crippen molar-refractivity contribution in [1.29, 1.82) is 0 Å². The Morgan fingerprint density at radius 1 is 1.20 bits per heavy atom. The van der Waals surface area contributed by atoms with Crippen molar-refractivity contribution in [2.75, 3.05) is 13.1 Å². The third-order valence-corrected chi connectivity index (χ3v) is 5.18. The lowest BCUT2D eigenvalue weighted by molar-refractivity contribution is -0.126. The van der Waals surface area contributed by atoms with E-state index in [-0.39, 0.29) is 17.5 Å². The summed E-state index contributed by atoms with van der Waals surface area (Å²) in [5.74, 6) is -0.214. The van der Waals surface area contributed by atoms with E-state index in [2.05, 4.69) is 21.2 Å². The van der Waals surface area contributed by atoms with Crippen molar-refractivity contribution in [2.24, 2.45) is 0 Å². The van der Waals surface area contributed by atoms with Gasteiger partial charge in [0.1, 0.15) is 5.82 Å². The molecule has 1 N–H and O–H groups in total. The molecule has 20 heavy (non-hydrogen) atoms. The highest BCUT2D eigenvalue weighted by Gasteiger charge is 2.38. The molecule has 0 radical (unpaired) electrons. The lowest BCUT2D eigenvalue weighted by Crippen LogP contribution is -2.50. The minimum atomic E-state index is -0.214. The predicted molar refractivity (Wildman–Crippen MR) is 81.2 cm³/mol. The maximum atomic E-state index is 13.2. The van der Waals surface area contributed by atoms with Crippen molar-refractivity contribution in [2.45, 2.75) is 50.2 Å². The van der Waals surface area contributed by atoms with Gasteiger partial charge in [-0.25, -0.2) is 4.39 Å². The standard InChI is InChI=1S/C16H21BrFNO/c17-14-9-12(18)5-6-13(14)15-10-19-11-16(20-15)7-3-1-2-4-8-16/h5-6,9,15,19H,1-4,7-8,10-11H2. The van der Waals surface area contributed by atoms with Crippen molar-refractivity contribution in [1.82, 2.24) is 5.32 Å². The van der Waals surface area contributed by atoms with E-state index >= 15 is 0 Å². The molecular formula is C16H21BrFNO. The minimum Gasteiger partial charge on any atom is -0.364 e. The highest BCUT2D eigenvalue weighted by Crippen LogP contribution is 2.38. The summed E-state index contributed by atoms with van der Waals surface area (Å²) in [4.78, 5) is 0. The van der Waals surface area contributed by atoms with Gasteiger partial charge in [0.25, 0.3) is 0 Å². The van der Waals surface area contributed by atoms with E-state index in [0.717, 1.165) is 36.0 Å². The first-order valence-corrected chi connectivity index (χ1v) is 8.31. The van der Waals surface area contributed by atoms with Crippen LogP contribution < -0.4 is 5.32 Å². The van der Waals surface area contributed by atoms with Gasteiger partial charge in [-0.05, 0) is 30.5 Å². The van der Waals surface area contributed by atoms with Crippen LogP contribution in [-0.2, 0) is 4.74 Å². The number of benzene rings is 1. The average molecular weight is 342 g/mol.